The molecule has 2 heterocycles. The fourth-order valence-electron chi connectivity index (χ4n) is 0.915. The summed E-state index contributed by atoms with van der Waals surface area (Å²) in [5.41, 5.74) is -0.207. The molecule has 0 fully saturated rings. The van der Waals surface area contributed by atoms with Crippen molar-refractivity contribution in [1.82, 2.24) is 14.6 Å². The monoisotopic (exact) mass is 181 g/mol. The van der Waals surface area contributed by atoms with Crippen LogP contribution in [0, 0.1) is 0 Å². The lowest BCUT2D eigenvalue weighted by Crippen LogP contribution is -2.05. The first-order valence-electron chi connectivity index (χ1n) is 3.65. The Morgan fingerprint density at radius 3 is 3.25 bits per heavy atom. The van der Waals surface area contributed by atoms with Crippen molar-refractivity contribution in [3.05, 3.63) is 27.6 Å². The highest BCUT2D eigenvalue weighted by Gasteiger charge is 2.00. The van der Waals surface area contributed by atoms with E-state index in [9.17, 15) is 4.79 Å². The van der Waals surface area contributed by atoms with Gasteiger partial charge in [0.15, 0.2) is 0 Å². The van der Waals surface area contributed by atoms with Gasteiger partial charge in [-0.3, -0.25) is 4.79 Å². The number of aromatic nitrogens is 3. The zero-order chi connectivity index (χ0) is 8.55. The van der Waals surface area contributed by atoms with E-state index < -0.39 is 0 Å². The van der Waals surface area contributed by atoms with Gasteiger partial charge >= 0.3 is 0 Å². The molecule has 0 saturated carbocycles. The Hall–Kier alpha value is -1.23. The van der Waals surface area contributed by atoms with E-state index in [0.717, 1.165) is 11.4 Å². The highest BCUT2D eigenvalue weighted by atomic mass is 32.1. The second-order valence-electron chi connectivity index (χ2n) is 2.34. The van der Waals surface area contributed by atoms with Crippen LogP contribution in [0.15, 0.2) is 17.1 Å². The average molecular weight is 181 g/mol. The Labute approximate surface area is 72.5 Å². The van der Waals surface area contributed by atoms with Crippen LogP contribution in [0.1, 0.15) is 11.9 Å². The number of aryl methyl sites for hydroxylation is 1. The molecule has 0 aromatic carbocycles. The molecule has 0 aliphatic rings. The van der Waals surface area contributed by atoms with Crippen LogP contribution in [0.5, 0.6) is 0 Å². The molecule has 0 atom stereocenters. The fourth-order valence-corrected chi connectivity index (χ4v) is 1.73. The zero-order valence-electron chi connectivity index (χ0n) is 6.52. The average Bonchev–Trinajstić information content (AvgIpc) is 2.46. The van der Waals surface area contributed by atoms with Crippen LogP contribution in [0.3, 0.4) is 0 Å². The lowest BCUT2D eigenvalue weighted by atomic mass is 10.5. The summed E-state index contributed by atoms with van der Waals surface area (Å²) in [6.07, 6.45) is 2.52. The van der Waals surface area contributed by atoms with Crippen LogP contribution in [-0.2, 0) is 6.42 Å². The minimum Gasteiger partial charge on any atom is -0.267 e. The maximum Gasteiger partial charge on any atom is 0.273 e. The molecule has 4 nitrogen and oxygen atoms in total. The molecule has 62 valence electrons. The molecule has 0 aliphatic heterocycles. The van der Waals surface area contributed by atoms with Crippen molar-refractivity contribution in [2.75, 3.05) is 0 Å². The third-order valence-corrected chi connectivity index (χ3v) is 2.56. The Kier molecular flexibility index (Phi) is 1.65. The second kappa shape index (κ2) is 2.67. The van der Waals surface area contributed by atoms with Gasteiger partial charge in [-0.05, 0) is 6.42 Å². The molecule has 2 rings (SSSR count). The molecule has 12 heavy (non-hydrogen) atoms. The Morgan fingerprint density at radius 1 is 1.67 bits per heavy atom. The smallest absolute Gasteiger partial charge is 0.267 e. The normalized spacial score (nSPS) is 10.8. The Morgan fingerprint density at radius 2 is 2.50 bits per heavy atom. The van der Waals surface area contributed by atoms with Crippen molar-refractivity contribution < 1.29 is 0 Å². The van der Waals surface area contributed by atoms with Crippen LogP contribution in [0.4, 0.5) is 0 Å². The van der Waals surface area contributed by atoms with E-state index in [-0.39, 0.29) is 5.56 Å². The predicted molar refractivity (Wildman–Crippen MR) is 46.5 cm³/mol. The van der Waals surface area contributed by atoms with Gasteiger partial charge < -0.3 is 0 Å². The minimum absolute atomic E-state index is 0.207. The van der Waals surface area contributed by atoms with Crippen LogP contribution in [0.25, 0.3) is 4.96 Å². The van der Waals surface area contributed by atoms with Crippen LogP contribution >= 0.6 is 11.3 Å². The highest BCUT2D eigenvalue weighted by Crippen LogP contribution is 2.10. The van der Waals surface area contributed by atoms with E-state index in [4.69, 9.17) is 0 Å². The summed E-state index contributed by atoms with van der Waals surface area (Å²) < 4.78 is 1.63. The van der Waals surface area contributed by atoms with E-state index in [1.165, 1.54) is 17.4 Å². The van der Waals surface area contributed by atoms with Gasteiger partial charge in [-0.2, -0.15) is 10.1 Å². The number of rotatable bonds is 1. The third-order valence-electron chi connectivity index (χ3n) is 1.49. The molecule has 2 aromatic heterocycles. The summed E-state index contributed by atoms with van der Waals surface area (Å²) in [5.74, 6) is 0. The number of fused-ring (bicyclic) bond motifs is 1. The minimum atomic E-state index is -0.207. The number of hydrogen-bond acceptors (Lipinski definition) is 4. The Balaban J connectivity index is 2.75. The quantitative estimate of drug-likeness (QED) is 0.651. The van der Waals surface area contributed by atoms with Crippen molar-refractivity contribution >= 4 is 16.3 Å². The lowest BCUT2D eigenvalue weighted by Gasteiger charge is -1.84. The molecular weight excluding hydrogens is 174 g/mol. The molecule has 0 aliphatic carbocycles. The van der Waals surface area contributed by atoms with Gasteiger partial charge in [0, 0.05) is 12.3 Å². The molecule has 2 aromatic rings. The Bertz CT molecular complexity index is 459. The summed E-state index contributed by atoms with van der Waals surface area (Å²) in [6.45, 7) is 2.02. The van der Waals surface area contributed by atoms with E-state index in [0.29, 0.717) is 4.96 Å². The van der Waals surface area contributed by atoms with Gasteiger partial charge in [0.05, 0.1) is 0 Å². The van der Waals surface area contributed by atoms with Gasteiger partial charge in [0.1, 0.15) is 5.01 Å². The van der Waals surface area contributed by atoms with E-state index in [1.807, 2.05) is 6.92 Å². The lowest BCUT2D eigenvalue weighted by molar-refractivity contribution is 0.884. The maximum absolute atomic E-state index is 10.8. The van der Waals surface area contributed by atoms with E-state index in [1.54, 1.807) is 10.7 Å². The first kappa shape index (κ1) is 7.42. The van der Waals surface area contributed by atoms with Crippen molar-refractivity contribution in [3.8, 4) is 0 Å². The largest absolute Gasteiger partial charge is 0.273 e. The van der Waals surface area contributed by atoms with Crippen LogP contribution < -0.4 is 5.56 Å². The first-order valence-corrected chi connectivity index (χ1v) is 4.46. The summed E-state index contributed by atoms with van der Waals surface area (Å²) in [4.78, 5) is 15.3. The van der Waals surface area contributed by atoms with Crippen molar-refractivity contribution in [3.63, 3.8) is 0 Å². The van der Waals surface area contributed by atoms with Crippen molar-refractivity contribution in [1.29, 1.82) is 0 Å². The molecule has 0 spiro atoms. The molecule has 5 heteroatoms. The van der Waals surface area contributed by atoms with Crippen molar-refractivity contribution in [2.24, 2.45) is 0 Å². The van der Waals surface area contributed by atoms with Gasteiger partial charge in [-0.1, -0.05) is 18.3 Å². The summed E-state index contributed by atoms with van der Waals surface area (Å²) in [5, 5.41) is 5.20. The van der Waals surface area contributed by atoms with Crippen LogP contribution in [-0.4, -0.2) is 14.6 Å². The van der Waals surface area contributed by atoms with Gasteiger partial charge in [0.25, 0.3) is 5.56 Å². The van der Waals surface area contributed by atoms with Gasteiger partial charge in [0.2, 0.25) is 4.96 Å². The van der Waals surface area contributed by atoms with E-state index >= 15 is 0 Å². The number of hydrogen-bond donors (Lipinski definition) is 0. The topological polar surface area (TPSA) is 47.3 Å². The molecule has 0 saturated heterocycles. The molecule has 0 radical (unpaired) electrons. The molecule has 0 bridgehead atoms. The molecular formula is C7H7N3OS. The van der Waals surface area contributed by atoms with Gasteiger partial charge in [-0.15, -0.1) is 0 Å². The van der Waals surface area contributed by atoms with Gasteiger partial charge in [-0.25, -0.2) is 4.52 Å². The standard InChI is InChI=1S/C7H7N3OS/c1-2-6-9-10-4-3-5(11)8-7(10)12-6/h3-4H,2H2,1H3. The van der Waals surface area contributed by atoms with Crippen LogP contribution in [0.2, 0.25) is 0 Å². The fraction of sp³-hybridized carbons (Fsp3) is 0.286. The SMILES string of the molecule is CCc1nn2ccc(=O)nc2s1. The summed E-state index contributed by atoms with van der Waals surface area (Å²) in [7, 11) is 0. The first-order chi connectivity index (χ1) is 5.79. The number of nitrogens with zero attached hydrogens (tertiary/aromatic N) is 3. The predicted octanol–water partition coefficient (Wildman–Crippen LogP) is 0.713. The van der Waals surface area contributed by atoms with Crippen molar-refractivity contribution in [2.45, 2.75) is 13.3 Å². The van der Waals surface area contributed by atoms with E-state index in [2.05, 4.69) is 10.1 Å². The highest BCUT2D eigenvalue weighted by molar-refractivity contribution is 7.16. The molecule has 0 unspecified atom stereocenters. The zero-order valence-corrected chi connectivity index (χ0v) is 7.34. The molecule has 0 N–H and O–H groups in total. The third kappa shape index (κ3) is 1.12. The summed E-state index contributed by atoms with van der Waals surface area (Å²) >= 11 is 1.45. The molecule has 0 amide bonds. The second-order valence-corrected chi connectivity index (χ2v) is 3.38. The maximum atomic E-state index is 10.8. The summed E-state index contributed by atoms with van der Waals surface area (Å²) in [6, 6.07) is 1.41.